The summed E-state index contributed by atoms with van der Waals surface area (Å²) in [6.45, 7) is 6.22. The fourth-order valence-electron chi connectivity index (χ4n) is 2.89. The van der Waals surface area contributed by atoms with E-state index in [4.69, 9.17) is 13.6 Å². The number of hydrogen-bond donors (Lipinski definition) is 1. The number of hydrogen-bond acceptors (Lipinski definition) is 5. The Hall–Kier alpha value is -2.79. The number of fused-ring (bicyclic) bond motifs is 2. The lowest BCUT2D eigenvalue weighted by atomic mass is 10.1. The van der Waals surface area contributed by atoms with E-state index in [0.29, 0.717) is 35.3 Å². The minimum atomic E-state index is -0.497. The van der Waals surface area contributed by atoms with E-state index >= 15 is 0 Å². The van der Waals surface area contributed by atoms with Crippen molar-refractivity contribution in [1.29, 1.82) is 0 Å². The molecule has 0 fully saturated rings. The van der Waals surface area contributed by atoms with Crippen LogP contribution in [0.25, 0.3) is 21.9 Å². The minimum Gasteiger partial charge on any atom is -0.488 e. The zero-order chi connectivity index (χ0) is 18.7. The van der Waals surface area contributed by atoms with Crippen molar-refractivity contribution in [3.63, 3.8) is 0 Å². The van der Waals surface area contributed by atoms with E-state index < -0.39 is 11.7 Å². The average molecular weight is 354 g/mol. The van der Waals surface area contributed by atoms with Gasteiger partial charge < -0.3 is 18.7 Å². The van der Waals surface area contributed by atoms with Crippen molar-refractivity contribution in [2.75, 3.05) is 6.61 Å². The lowest BCUT2D eigenvalue weighted by molar-refractivity contribution is 0.222. The Morgan fingerprint density at radius 1 is 1.19 bits per heavy atom. The Balaban J connectivity index is 1.83. The normalized spacial score (nSPS) is 13.2. The predicted molar refractivity (Wildman–Crippen MR) is 102 cm³/mol. The van der Waals surface area contributed by atoms with Crippen molar-refractivity contribution in [3.8, 4) is 5.75 Å². The maximum Gasteiger partial charge on any atom is 0.336 e. The van der Waals surface area contributed by atoms with Gasteiger partial charge in [-0.05, 0) is 45.4 Å². The van der Waals surface area contributed by atoms with Crippen LogP contribution in [0.1, 0.15) is 27.2 Å². The van der Waals surface area contributed by atoms with Gasteiger partial charge in [0.2, 0.25) is 0 Å². The lowest BCUT2D eigenvalue weighted by Crippen LogP contribution is -2.04. The van der Waals surface area contributed by atoms with Crippen molar-refractivity contribution >= 4 is 21.9 Å². The van der Waals surface area contributed by atoms with Gasteiger partial charge in [-0.25, -0.2) is 4.79 Å². The first-order valence-corrected chi connectivity index (χ1v) is 8.49. The molecule has 1 N–H and O–H groups in total. The quantitative estimate of drug-likeness (QED) is 0.518. The van der Waals surface area contributed by atoms with Crippen LogP contribution >= 0.6 is 0 Å². The third kappa shape index (κ3) is 4.06. The summed E-state index contributed by atoms with van der Waals surface area (Å²) in [7, 11) is 0. The van der Waals surface area contributed by atoms with Gasteiger partial charge in [0.1, 0.15) is 23.5 Å². The van der Waals surface area contributed by atoms with Crippen molar-refractivity contribution in [1.82, 2.24) is 0 Å². The molecule has 1 aromatic carbocycles. The van der Waals surface area contributed by atoms with Gasteiger partial charge >= 0.3 is 5.63 Å². The monoisotopic (exact) mass is 354 g/mol. The maximum atomic E-state index is 11.5. The molecule has 2 aromatic heterocycles. The van der Waals surface area contributed by atoms with Crippen molar-refractivity contribution in [2.24, 2.45) is 0 Å². The molecule has 5 heteroatoms. The van der Waals surface area contributed by atoms with Gasteiger partial charge in [-0.1, -0.05) is 17.2 Å². The first kappa shape index (κ1) is 18.0. The largest absolute Gasteiger partial charge is 0.488 e. The summed E-state index contributed by atoms with van der Waals surface area (Å²) in [5.74, 6) is 0.615. The van der Waals surface area contributed by atoms with E-state index in [0.717, 1.165) is 16.5 Å². The third-order valence-electron chi connectivity index (χ3n) is 4.03. The standard InChI is InChI=1S/C21H22O5/c1-13(2)10-15(22)11-14(3)6-8-25-21-16-4-5-20(23)26-19(16)12-18-17(21)7-9-24-18/h4-7,9-10,12,15,22H,8,11H2,1-3H3/b14-6+. The molecule has 0 spiro atoms. The molecular formula is C21H22O5. The minimum absolute atomic E-state index is 0.339. The maximum absolute atomic E-state index is 11.5. The van der Waals surface area contributed by atoms with Crippen LogP contribution in [0.5, 0.6) is 5.75 Å². The molecule has 0 saturated carbocycles. The molecule has 0 aliphatic rings. The number of aliphatic hydroxyl groups is 1. The third-order valence-corrected chi connectivity index (χ3v) is 4.03. The average Bonchev–Trinajstić information content (AvgIpc) is 3.01. The summed E-state index contributed by atoms with van der Waals surface area (Å²) in [6.07, 6.45) is 5.40. The second kappa shape index (κ2) is 7.62. The van der Waals surface area contributed by atoms with Gasteiger partial charge in [0.15, 0.2) is 0 Å². The molecule has 0 aliphatic carbocycles. The Morgan fingerprint density at radius 2 is 1.96 bits per heavy atom. The topological polar surface area (TPSA) is 72.8 Å². The summed E-state index contributed by atoms with van der Waals surface area (Å²) < 4.78 is 16.6. The van der Waals surface area contributed by atoms with Crippen molar-refractivity contribution in [3.05, 3.63) is 64.2 Å². The summed E-state index contributed by atoms with van der Waals surface area (Å²) in [6, 6.07) is 6.58. The summed E-state index contributed by atoms with van der Waals surface area (Å²) >= 11 is 0. The summed E-state index contributed by atoms with van der Waals surface area (Å²) in [5, 5.41) is 11.5. The Bertz CT molecular complexity index is 1030. The molecule has 5 nitrogen and oxygen atoms in total. The molecule has 1 atom stereocenters. The van der Waals surface area contributed by atoms with E-state index in [1.165, 1.54) is 6.07 Å². The number of rotatable bonds is 6. The molecular weight excluding hydrogens is 332 g/mol. The van der Waals surface area contributed by atoms with Crippen LogP contribution in [0.3, 0.4) is 0 Å². The van der Waals surface area contributed by atoms with Gasteiger partial charge in [-0.3, -0.25) is 0 Å². The van der Waals surface area contributed by atoms with Gasteiger partial charge in [-0.15, -0.1) is 0 Å². The number of furan rings is 1. The fourth-order valence-corrected chi connectivity index (χ4v) is 2.89. The predicted octanol–water partition coefficient (Wildman–Crippen LogP) is 4.58. The van der Waals surface area contributed by atoms with E-state index in [1.54, 1.807) is 18.4 Å². The van der Waals surface area contributed by atoms with Crippen LogP contribution in [0, 0.1) is 0 Å². The molecule has 3 aromatic rings. The van der Waals surface area contributed by atoms with Crippen LogP contribution in [0.2, 0.25) is 0 Å². The summed E-state index contributed by atoms with van der Waals surface area (Å²) in [5.41, 5.74) is 2.72. The Kier molecular flexibility index (Phi) is 5.28. The zero-order valence-corrected chi connectivity index (χ0v) is 15.1. The molecule has 136 valence electrons. The molecule has 1 unspecified atom stereocenters. The van der Waals surface area contributed by atoms with E-state index in [9.17, 15) is 9.90 Å². The van der Waals surface area contributed by atoms with Crippen LogP contribution < -0.4 is 10.4 Å². The van der Waals surface area contributed by atoms with Crippen LogP contribution in [-0.4, -0.2) is 17.8 Å². The smallest absolute Gasteiger partial charge is 0.336 e. The lowest BCUT2D eigenvalue weighted by Gasteiger charge is -2.10. The molecule has 3 rings (SSSR count). The Morgan fingerprint density at radius 3 is 2.73 bits per heavy atom. The summed E-state index contributed by atoms with van der Waals surface area (Å²) in [4.78, 5) is 11.5. The number of benzene rings is 1. The van der Waals surface area contributed by atoms with E-state index in [-0.39, 0.29) is 0 Å². The van der Waals surface area contributed by atoms with Gasteiger partial charge in [0.25, 0.3) is 0 Å². The second-order valence-electron chi connectivity index (χ2n) is 6.58. The van der Waals surface area contributed by atoms with E-state index in [2.05, 4.69) is 0 Å². The SMILES string of the molecule is CC(C)=CC(O)C/C(C)=C/COc1c2ccoc2cc2oc(=O)ccc12. The first-order valence-electron chi connectivity index (χ1n) is 8.49. The number of ether oxygens (including phenoxy) is 1. The van der Waals surface area contributed by atoms with Gasteiger partial charge in [0, 0.05) is 12.1 Å². The molecule has 0 aliphatic heterocycles. The zero-order valence-electron chi connectivity index (χ0n) is 15.1. The van der Waals surface area contributed by atoms with E-state index in [1.807, 2.05) is 39.0 Å². The molecule has 0 radical (unpaired) electrons. The first-order chi connectivity index (χ1) is 12.4. The Labute approximate surface area is 151 Å². The van der Waals surface area contributed by atoms with Gasteiger partial charge in [0.05, 0.1) is 23.1 Å². The van der Waals surface area contributed by atoms with Crippen LogP contribution in [0.15, 0.2) is 67.5 Å². The fraction of sp³-hybridized carbons (Fsp3) is 0.286. The molecule has 26 heavy (non-hydrogen) atoms. The van der Waals surface area contributed by atoms with Crippen LogP contribution in [0.4, 0.5) is 0 Å². The van der Waals surface area contributed by atoms with Crippen molar-refractivity contribution in [2.45, 2.75) is 33.3 Å². The highest BCUT2D eigenvalue weighted by atomic mass is 16.5. The molecule has 2 heterocycles. The van der Waals surface area contributed by atoms with Crippen molar-refractivity contribution < 1.29 is 18.7 Å². The highest BCUT2D eigenvalue weighted by Gasteiger charge is 2.13. The number of aliphatic hydroxyl groups excluding tert-OH is 1. The second-order valence-corrected chi connectivity index (χ2v) is 6.58. The molecule has 0 bridgehead atoms. The highest BCUT2D eigenvalue weighted by Crippen LogP contribution is 2.35. The van der Waals surface area contributed by atoms with Crippen LogP contribution in [-0.2, 0) is 0 Å². The van der Waals surface area contributed by atoms with Gasteiger partial charge in [-0.2, -0.15) is 0 Å². The molecule has 0 saturated heterocycles. The molecule has 0 amide bonds. The highest BCUT2D eigenvalue weighted by molar-refractivity contribution is 6.01. The number of allylic oxidation sites excluding steroid dienone is 1.